The fraction of sp³-hybridized carbons (Fsp3) is 0. The number of rotatable bonds is 4. The summed E-state index contributed by atoms with van der Waals surface area (Å²) in [5.74, 6) is -2.52. The van der Waals surface area contributed by atoms with Crippen molar-refractivity contribution in [2.24, 2.45) is 0 Å². The maximum absolute atomic E-state index is 13.3. The van der Waals surface area contributed by atoms with Crippen molar-refractivity contribution in [2.75, 3.05) is 4.72 Å². The van der Waals surface area contributed by atoms with Crippen LogP contribution < -0.4 is 4.72 Å². The van der Waals surface area contributed by atoms with Crippen molar-refractivity contribution in [1.29, 1.82) is 0 Å². The minimum atomic E-state index is -3.99. The molecule has 0 radical (unpaired) electrons. The minimum absolute atomic E-state index is 0.319. The molecule has 0 saturated heterocycles. The smallest absolute Gasteiger partial charge is 0.338 e. The van der Waals surface area contributed by atoms with Gasteiger partial charge in [0.2, 0.25) is 0 Å². The Labute approximate surface area is 134 Å². The van der Waals surface area contributed by atoms with Gasteiger partial charge in [0.15, 0.2) is 0 Å². The Morgan fingerprint density at radius 3 is 2.48 bits per heavy atom. The van der Waals surface area contributed by atoms with E-state index in [1.54, 1.807) is 24.3 Å². The molecule has 0 aliphatic heterocycles. The van der Waals surface area contributed by atoms with Crippen molar-refractivity contribution in [3.8, 4) is 0 Å². The topological polar surface area (TPSA) is 83.5 Å². The summed E-state index contributed by atoms with van der Waals surface area (Å²) >= 11 is 1.96. The second-order valence-corrected chi connectivity index (χ2v) is 6.88. The lowest BCUT2D eigenvalue weighted by atomic mass is 10.2. The van der Waals surface area contributed by atoms with Crippen LogP contribution >= 0.6 is 22.6 Å². The molecule has 8 heteroatoms. The summed E-state index contributed by atoms with van der Waals surface area (Å²) in [4.78, 5) is 10.5. The first-order chi connectivity index (χ1) is 9.81. The summed E-state index contributed by atoms with van der Waals surface area (Å²) in [6.07, 6.45) is 0. The molecular weight excluding hydrogens is 412 g/mol. The summed E-state index contributed by atoms with van der Waals surface area (Å²) < 4.78 is 40.7. The molecule has 2 N–H and O–H groups in total. The molecule has 0 fully saturated rings. The zero-order valence-electron chi connectivity index (χ0n) is 10.4. The van der Waals surface area contributed by atoms with Crippen molar-refractivity contribution in [1.82, 2.24) is 0 Å². The first kappa shape index (κ1) is 15.7. The molecule has 0 aromatic heterocycles. The van der Waals surface area contributed by atoms with E-state index in [-0.39, 0.29) is 4.90 Å². The molecule has 2 rings (SSSR count). The van der Waals surface area contributed by atoms with Crippen molar-refractivity contribution in [2.45, 2.75) is 4.90 Å². The average Bonchev–Trinajstić information content (AvgIpc) is 2.41. The lowest BCUT2D eigenvalue weighted by Crippen LogP contribution is -2.15. The van der Waals surface area contributed by atoms with Gasteiger partial charge in [-0.05, 0) is 52.9 Å². The van der Waals surface area contributed by atoms with Gasteiger partial charge in [0, 0.05) is 3.57 Å². The van der Waals surface area contributed by atoms with Gasteiger partial charge in [-0.25, -0.2) is 17.6 Å². The molecule has 0 amide bonds. The van der Waals surface area contributed by atoms with E-state index in [1.165, 1.54) is 0 Å². The van der Waals surface area contributed by atoms with E-state index in [0.29, 0.717) is 9.26 Å². The molecule has 2 aromatic carbocycles. The molecule has 0 spiro atoms. The largest absolute Gasteiger partial charge is 0.478 e. The first-order valence-corrected chi connectivity index (χ1v) is 8.17. The van der Waals surface area contributed by atoms with Crippen LogP contribution in [0.15, 0.2) is 47.4 Å². The molecule has 0 heterocycles. The third kappa shape index (κ3) is 3.50. The zero-order valence-corrected chi connectivity index (χ0v) is 13.4. The first-order valence-electron chi connectivity index (χ1n) is 5.61. The summed E-state index contributed by atoms with van der Waals surface area (Å²) in [6, 6.07) is 9.31. The number of anilines is 1. The lowest BCUT2D eigenvalue weighted by molar-refractivity contribution is 0.0691. The van der Waals surface area contributed by atoms with E-state index < -0.39 is 27.4 Å². The van der Waals surface area contributed by atoms with Crippen LogP contribution in [-0.4, -0.2) is 19.5 Å². The van der Waals surface area contributed by atoms with Gasteiger partial charge >= 0.3 is 5.97 Å². The number of sulfonamides is 1. The van der Waals surface area contributed by atoms with Gasteiger partial charge in [0.1, 0.15) is 5.82 Å². The average molecular weight is 421 g/mol. The maximum atomic E-state index is 13.3. The maximum Gasteiger partial charge on any atom is 0.338 e. The van der Waals surface area contributed by atoms with Crippen LogP contribution in [0.4, 0.5) is 10.1 Å². The minimum Gasteiger partial charge on any atom is -0.478 e. The second kappa shape index (κ2) is 5.98. The Balaban J connectivity index is 2.43. The second-order valence-electron chi connectivity index (χ2n) is 4.03. The summed E-state index contributed by atoms with van der Waals surface area (Å²) in [7, 11) is -3.99. The Morgan fingerprint density at radius 2 is 1.86 bits per heavy atom. The predicted molar refractivity (Wildman–Crippen MR) is 83.3 cm³/mol. The van der Waals surface area contributed by atoms with Gasteiger partial charge in [0.25, 0.3) is 10.0 Å². The molecule has 0 aliphatic carbocycles. The quantitative estimate of drug-likeness (QED) is 0.744. The zero-order chi connectivity index (χ0) is 15.6. The van der Waals surface area contributed by atoms with Crippen molar-refractivity contribution in [3.05, 3.63) is 57.4 Å². The number of para-hydroxylation sites is 1. The van der Waals surface area contributed by atoms with Crippen molar-refractivity contribution >= 4 is 44.3 Å². The monoisotopic (exact) mass is 421 g/mol. The van der Waals surface area contributed by atoms with Gasteiger partial charge in [-0.15, -0.1) is 0 Å². The van der Waals surface area contributed by atoms with E-state index in [4.69, 9.17) is 5.11 Å². The molecule has 110 valence electrons. The van der Waals surface area contributed by atoms with Crippen LogP contribution in [0, 0.1) is 9.39 Å². The molecule has 2 aromatic rings. The summed E-state index contributed by atoms with van der Waals surface area (Å²) in [6.45, 7) is 0. The highest BCUT2D eigenvalue weighted by Gasteiger charge is 2.19. The SMILES string of the molecule is O=C(O)c1cc(S(=O)(=O)Nc2ccccc2I)ccc1F. The van der Waals surface area contributed by atoms with E-state index >= 15 is 0 Å². The highest BCUT2D eigenvalue weighted by atomic mass is 127. The molecule has 0 atom stereocenters. The fourth-order valence-electron chi connectivity index (χ4n) is 1.58. The van der Waals surface area contributed by atoms with Crippen molar-refractivity contribution < 1.29 is 22.7 Å². The Bertz CT molecular complexity index is 808. The van der Waals surface area contributed by atoms with Crippen LogP contribution in [0.2, 0.25) is 0 Å². The van der Waals surface area contributed by atoms with Crippen LogP contribution in [0.5, 0.6) is 0 Å². The normalized spacial score (nSPS) is 11.1. The number of aromatic carboxylic acids is 1. The third-order valence-electron chi connectivity index (χ3n) is 2.60. The molecule has 0 saturated carbocycles. The standard InChI is InChI=1S/C13H9FINO4S/c14-10-6-5-8(7-9(10)13(17)18)21(19,20)16-12-4-2-1-3-11(12)15/h1-7,16H,(H,17,18). The lowest BCUT2D eigenvalue weighted by Gasteiger charge is -2.10. The third-order valence-corrected chi connectivity index (χ3v) is 4.90. The molecule has 0 aliphatic rings. The van der Waals surface area contributed by atoms with Crippen LogP contribution in [0.3, 0.4) is 0 Å². The van der Waals surface area contributed by atoms with Gasteiger partial charge in [-0.3, -0.25) is 4.72 Å². The molecule has 0 bridgehead atoms. The number of carbonyl (C=O) groups is 1. The number of nitrogens with one attached hydrogen (secondary N) is 1. The molecule has 21 heavy (non-hydrogen) atoms. The molecular formula is C13H9FINO4S. The number of carboxylic acid groups (broad SMARTS) is 1. The number of benzene rings is 2. The number of halogens is 2. The van der Waals surface area contributed by atoms with Gasteiger partial charge in [-0.2, -0.15) is 0 Å². The highest BCUT2D eigenvalue weighted by Crippen LogP contribution is 2.22. The van der Waals surface area contributed by atoms with E-state index in [9.17, 15) is 17.6 Å². The van der Waals surface area contributed by atoms with E-state index in [0.717, 1.165) is 18.2 Å². The Kier molecular flexibility index (Phi) is 4.47. The van der Waals surface area contributed by atoms with E-state index in [2.05, 4.69) is 4.72 Å². The van der Waals surface area contributed by atoms with Gasteiger partial charge < -0.3 is 5.11 Å². The fourth-order valence-corrected chi connectivity index (χ4v) is 3.39. The highest BCUT2D eigenvalue weighted by molar-refractivity contribution is 14.1. The number of hydrogen-bond donors (Lipinski definition) is 2. The van der Waals surface area contributed by atoms with E-state index in [1.807, 2.05) is 22.6 Å². The van der Waals surface area contributed by atoms with Crippen molar-refractivity contribution in [3.63, 3.8) is 0 Å². The molecule has 0 unspecified atom stereocenters. The van der Waals surface area contributed by atoms with Gasteiger partial charge in [0.05, 0.1) is 16.1 Å². The van der Waals surface area contributed by atoms with Crippen LogP contribution in [0.1, 0.15) is 10.4 Å². The van der Waals surface area contributed by atoms with Crippen LogP contribution in [-0.2, 0) is 10.0 Å². The van der Waals surface area contributed by atoms with Crippen LogP contribution in [0.25, 0.3) is 0 Å². The Morgan fingerprint density at radius 1 is 1.19 bits per heavy atom. The molecule has 5 nitrogen and oxygen atoms in total. The Hall–Kier alpha value is -1.68. The summed E-state index contributed by atoms with van der Waals surface area (Å²) in [5.41, 5.74) is -0.333. The summed E-state index contributed by atoms with van der Waals surface area (Å²) in [5, 5.41) is 8.83. The number of carboxylic acids is 1. The van der Waals surface area contributed by atoms with Gasteiger partial charge in [-0.1, -0.05) is 12.1 Å². The predicted octanol–water partition coefficient (Wildman–Crippen LogP) is 2.93. The number of hydrogen-bond acceptors (Lipinski definition) is 3.